The summed E-state index contributed by atoms with van der Waals surface area (Å²) in [5.41, 5.74) is 5.55. The largest absolute Gasteiger partial charge is 0.465 e. The number of rotatable bonds is 1. The van der Waals surface area contributed by atoms with Crippen molar-refractivity contribution >= 4 is 6.09 Å². The smallest absolute Gasteiger partial charge is 0.407 e. The number of hydrogen-bond acceptors (Lipinski definition) is 2. The van der Waals surface area contributed by atoms with Crippen LogP contribution in [0.15, 0.2) is 0 Å². The maximum atomic E-state index is 11.2. The molecule has 4 heteroatoms. The zero-order valence-electron chi connectivity index (χ0n) is 9.86. The summed E-state index contributed by atoms with van der Waals surface area (Å²) in [5.74, 6) is 0. The second kappa shape index (κ2) is 4.39. The lowest BCUT2D eigenvalue weighted by Crippen LogP contribution is -2.53. The van der Waals surface area contributed by atoms with E-state index in [-0.39, 0.29) is 17.6 Å². The van der Waals surface area contributed by atoms with Crippen molar-refractivity contribution < 1.29 is 9.90 Å². The third kappa shape index (κ3) is 3.09. The molecule has 0 radical (unpaired) electrons. The van der Waals surface area contributed by atoms with E-state index in [1.165, 1.54) is 0 Å². The molecule has 1 saturated carbocycles. The lowest BCUT2D eigenvalue weighted by atomic mass is 9.88. The molecule has 0 heterocycles. The average molecular weight is 214 g/mol. The molecule has 1 rings (SSSR count). The normalized spacial score (nSPS) is 27.5. The summed E-state index contributed by atoms with van der Waals surface area (Å²) in [6.45, 7) is 5.80. The molecule has 88 valence electrons. The van der Waals surface area contributed by atoms with Crippen LogP contribution in [0.4, 0.5) is 4.79 Å². The lowest BCUT2D eigenvalue weighted by molar-refractivity contribution is 0.0541. The Balaban J connectivity index is 2.76. The third-order valence-corrected chi connectivity index (χ3v) is 2.98. The van der Waals surface area contributed by atoms with E-state index in [1.807, 2.05) is 20.8 Å². The number of nitrogens with two attached hydrogens (primary N) is 1. The van der Waals surface area contributed by atoms with E-state index in [9.17, 15) is 9.90 Å². The van der Waals surface area contributed by atoms with Gasteiger partial charge in [-0.15, -0.1) is 0 Å². The highest BCUT2D eigenvalue weighted by molar-refractivity contribution is 5.66. The molecule has 0 aromatic heterocycles. The number of carboxylic acid groups (broad SMARTS) is 1. The van der Waals surface area contributed by atoms with E-state index in [1.54, 1.807) is 4.90 Å². The van der Waals surface area contributed by atoms with Crippen LogP contribution in [0.3, 0.4) is 0 Å². The summed E-state index contributed by atoms with van der Waals surface area (Å²) >= 11 is 0. The van der Waals surface area contributed by atoms with Crippen LogP contribution < -0.4 is 5.73 Å². The summed E-state index contributed by atoms with van der Waals surface area (Å²) in [6, 6.07) is 0.249. The van der Waals surface area contributed by atoms with E-state index in [0.29, 0.717) is 0 Å². The highest BCUT2D eigenvalue weighted by atomic mass is 16.4. The topological polar surface area (TPSA) is 66.6 Å². The highest BCUT2D eigenvalue weighted by Gasteiger charge is 2.35. The van der Waals surface area contributed by atoms with Crippen molar-refractivity contribution in [3.63, 3.8) is 0 Å². The van der Waals surface area contributed by atoms with Crippen molar-refractivity contribution in [2.75, 3.05) is 0 Å². The minimum absolute atomic E-state index is 0.0891. The van der Waals surface area contributed by atoms with Gasteiger partial charge in [0, 0.05) is 17.6 Å². The fraction of sp³-hybridized carbons (Fsp3) is 0.909. The maximum absolute atomic E-state index is 11.2. The Morgan fingerprint density at radius 3 is 2.40 bits per heavy atom. The molecule has 0 aliphatic heterocycles. The Morgan fingerprint density at radius 2 is 2.00 bits per heavy atom. The van der Waals surface area contributed by atoms with E-state index < -0.39 is 6.09 Å². The SMILES string of the molecule is CC(C)(C)N(C(=O)O)[C@@H]1CCC[C@@H](N)C1. The van der Waals surface area contributed by atoms with Crippen molar-refractivity contribution in [3.8, 4) is 0 Å². The standard InChI is InChI=1S/C11H22N2O2/c1-11(2,3)13(10(14)15)9-6-4-5-8(12)7-9/h8-9H,4-7,12H2,1-3H3,(H,14,15)/t8-,9-/m1/s1. The molecule has 2 atom stereocenters. The summed E-state index contributed by atoms with van der Waals surface area (Å²) in [6.07, 6.45) is 2.96. The number of amides is 1. The second-order valence-corrected chi connectivity index (χ2v) is 5.40. The summed E-state index contributed by atoms with van der Waals surface area (Å²) in [5, 5.41) is 9.23. The first kappa shape index (κ1) is 12.3. The van der Waals surface area contributed by atoms with Gasteiger partial charge in [0.1, 0.15) is 0 Å². The van der Waals surface area contributed by atoms with Crippen molar-refractivity contribution in [2.45, 2.75) is 64.1 Å². The zero-order chi connectivity index (χ0) is 11.6. The molecule has 1 aliphatic rings. The van der Waals surface area contributed by atoms with Crippen LogP contribution in [-0.4, -0.2) is 33.7 Å². The molecule has 0 bridgehead atoms. The predicted octanol–water partition coefficient (Wildman–Crippen LogP) is 2.03. The van der Waals surface area contributed by atoms with Crippen LogP contribution in [0.5, 0.6) is 0 Å². The van der Waals surface area contributed by atoms with E-state index >= 15 is 0 Å². The van der Waals surface area contributed by atoms with Gasteiger partial charge in [0.15, 0.2) is 0 Å². The first-order valence-electron chi connectivity index (χ1n) is 5.60. The molecule has 0 unspecified atom stereocenters. The Hall–Kier alpha value is -0.770. The highest BCUT2D eigenvalue weighted by Crippen LogP contribution is 2.27. The van der Waals surface area contributed by atoms with E-state index in [0.717, 1.165) is 25.7 Å². The van der Waals surface area contributed by atoms with Gasteiger partial charge in [-0.2, -0.15) is 0 Å². The van der Waals surface area contributed by atoms with Gasteiger partial charge < -0.3 is 15.7 Å². The van der Waals surface area contributed by atoms with E-state index in [4.69, 9.17) is 5.73 Å². The summed E-state index contributed by atoms with van der Waals surface area (Å²) in [7, 11) is 0. The Labute approximate surface area is 91.4 Å². The van der Waals surface area contributed by atoms with Gasteiger partial charge in [-0.1, -0.05) is 0 Å². The van der Waals surface area contributed by atoms with E-state index in [2.05, 4.69) is 0 Å². The van der Waals surface area contributed by atoms with Crippen molar-refractivity contribution in [1.29, 1.82) is 0 Å². The third-order valence-electron chi connectivity index (χ3n) is 2.98. The molecular formula is C11H22N2O2. The van der Waals surface area contributed by atoms with Gasteiger partial charge >= 0.3 is 6.09 Å². The van der Waals surface area contributed by atoms with Crippen molar-refractivity contribution in [2.24, 2.45) is 5.73 Å². The van der Waals surface area contributed by atoms with Crippen LogP contribution in [0.1, 0.15) is 46.5 Å². The Morgan fingerprint density at radius 1 is 1.40 bits per heavy atom. The minimum Gasteiger partial charge on any atom is -0.465 e. The molecule has 0 saturated heterocycles. The van der Waals surface area contributed by atoms with Gasteiger partial charge in [0.05, 0.1) is 0 Å². The number of hydrogen-bond donors (Lipinski definition) is 2. The molecule has 4 nitrogen and oxygen atoms in total. The predicted molar refractivity (Wildman–Crippen MR) is 59.8 cm³/mol. The fourth-order valence-corrected chi connectivity index (χ4v) is 2.43. The van der Waals surface area contributed by atoms with Crippen LogP contribution in [0.25, 0.3) is 0 Å². The summed E-state index contributed by atoms with van der Waals surface area (Å²) in [4.78, 5) is 12.8. The van der Waals surface area contributed by atoms with Gasteiger partial charge in [-0.05, 0) is 46.5 Å². The molecule has 15 heavy (non-hydrogen) atoms. The number of nitrogens with zero attached hydrogens (tertiary/aromatic N) is 1. The quantitative estimate of drug-likeness (QED) is 0.702. The van der Waals surface area contributed by atoms with Crippen molar-refractivity contribution in [3.05, 3.63) is 0 Å². The Bertz CT molecular complexity index is 235. The van der Waals surface area contributed by atoms with Gasteiger partial charge in [-0.3, -0.25) is 0 Å². The first-order valence-corrected chi connectivity index (χ1v) is 5.60. The van der Waals surface area contributed by atoms with Gasteiger partial charge in [-0.25, -0.2) is 4.79 Å². The molecule has 0 aromatic carbocycles. The molecule has 1 aliphatic carbocycles. The van der Waals surface area contributed by atoms with Crippen LogP contribution in [-0.2, 0) is 0 Å². The van der Waals surface area contributed by atoms with Crippen LogP contribution in [0, 0.1) is 0 Å². The average Bonchev–Trinajstić information content (AvgIpc) is 1.99. The van der Waals surface area contributed by atoms with Crippen LogP contribution in [0.2, 0.25) is 0 Å². The summed E-state index contributed by atoms with van der Waals surface area (Å²) < 4.78 is 0. The maximum Gasteiger partial charge on any atom is 0.407 e. The molecule has 0 aromatic rings. The number of carbonyl (C=O) groups is 1. The van der Waals surface area contributed by atoms with Gasteiger partial charge in [0.25, 0.3) is 0 Å². The zero-order valence-corrected chi connectivity index (χ0v) is 9.86. The molecule has 0 spiro atoms. The van der Waals surface area contributed by atoms with Gasteiger partial charge in [0.2, 0.25) is 0 Å². The van der Waals surface area contributed by atoms with Crippen molar-refractivity contribution in [1.82, 2.24) is 4.90 Å². The molecule has 1 amide bonds. The molecule has 3 N–H and O–H groups in total. The molecular weight excluding hydrogens is 192 g/mol. The first-order chi connectivity index (χ1) is 6.82. The minimum atomic E-state index is -0.832. The fourth-order valence-electron chi connectivity index (χ4n) is 2.43. The second-order valence-electron chi connectivity index (χ2n) is 5.40. The monoisotopic (exact) mass is 214 g/mol. The lowest BCUT2D eigenvalue weighted by Gasteiger charge is -2.42. The molecule has 1 fully saturated rings. The van der Waals surface area contributed by atoms with Crippen LogP contribution >= 0.6 is 0 Å². The Kier molecular flexibility index (Phi) is 3.60.